The minimum atomic E-state index is 0.0274. The number of ether oxygens (including phenoxy) is 1. The predicted molar refractivity (Wildman–Crippen MR) is 57.2 cm³/mol. The summed E-state index contributed by atoms with van der Waals surface area (Å²) < 4.78 is 5.82. The number of morpholine rings is 1. The largest absolute Gasteiger partial charge is 0.370 e. The maximum Gasteiger partial charge on any atom is 0.100 e. The molecule has 2 rings (SSSR count). The molecule has 0 saturated carbocycles. The second-order valence-electron chi connectivity index (χ2n) is 4.31. The Balaban J connectivity index is 2.24. The van der Waals surface area contributed by atoms with E-state index in [2.05, 4.69) is 43.4 Å². The lowest BCUT2D eigenvalue weighted by molar-refractivity contribution is -0.0388. The van der Waals surface area contributed by atoms with Gasteiger partial charge in [0.25, 0.3) is 0 Å². The van der Waals surface area contributed by atoms with Crippen molar-refractivity contribution in [3.05, 3.63) is 35.9 Å². The number of hydrogen-bond acceptors (Lipinski definition) is 2. The van der Waals surface area contributed by atoms with Gasteiger partial charge in [0.2, 0.25) is 0 Å². The monoisotopic (exact) mass is 191 g/mol. The van der Waals surface area contributed by atoms with Gasteiger partial charge in [-0.25, -0.2) is 0 Å². The lowest BCUT2D eigenvalue weighted by atomic mass is 9.90. The maximum atomic E-state index is 5.82. The summed E-state index contributed by atoms with van der Waals surface area (Å²) in [6.07, 6.45) is 0.164. The van der Waals surface area contributed by atoms with Gasteiger partial charge in [0.15, 0.2) is 0 Å². The van der Waals surface area contributed by atoms with Crippen molar-refractivity contribution in [3.63, 3.8) is 0 Å². The van der Waals surface area contributed by atoms with Gasteiger partial charge in [-0.2, -0.15) is 0 Å². The molecule has 0 aromatic heterocycles. The van der Waals surface area contributed by atoms with Gasteiger partial charge in [-0.3, -0.25) is 0 Å². The van der Waals surface area contributed by atoms with Crippen LogP contribution in [-0.2, 0) is 4.74 Å². The van der Waals surface area contributed by atoms with Crippen LogP contribution in [0.25, 0.3) is 0 Å². The second kappa shape index (κ2) is 3.71. The van der Waals surface area contributed by atoms with Crippen LogP contribution in [0.2, 0.25) is 0 Å². The highest BCUT2D eigenvalue weighted by molar-refractivity contribution is 5.21. The fraction of sp³-hybridized carbons (Fsp3) is 0.500. The lowest BCUT2D eigenvalue weighted by Gasteiger charge is -2.39. The molecule has 0 spiro atoms. The van der Waals surface area contributed by atoms with E-state index in [1.165, 1.54) is 5.56 Å². The first-order valence-corrected chi connectivity index (χ1v) is 5.12. The summed E-state index contributed by atoms with van der Waals surface area (Å²) in [5, 5.41) is 3.48. The predicted octanol–water partition coefficient (Wildman–Crippen LogP) is 2.13. The molecule has 1 fully saturated rings. The van der Waals surface area contributed by atoms with Crippen LogP contribution in [0.15, 0.2) is 30.3 Å². The minimum absolute atomic E-state index is 0.0274. The van der Waals surface area contributed by atoms with Crippen LogP contribution in [0.4, 0.5) is 0 Å². The van der Waals surface area contributed by atoms with Crippen molar-refractivity contribution in [2.75, 3.05) is 13.2 Å². The number of rotatable bonds is 1. The van der Waals surface area contributed by atoms with Crippen LogP contribution in [-0.4, -0.2) is 18.7 Å². The van der Waals surface area contributed by atoms with Crippen LogP contribution >= 0.6 is 0 Å². The van der Waals surface area contributed by atoms with E-state index in [4.69, 9.17) is 4.74 Å². The second-order valence-corrected chi connectivity index (χ2v) is 4.31. The highest BCUT2D eigenvalue weighted by Crippen LogP contribution is 2.31. The molecule has 1 aliphatic heterocycles. The summed E-state index contributed by atoms with van der Waals surface area (Å²) in [5.41, 5.74) is 1.28. The Kier molecular flexibility index (Phi) is 2.57. The van der Waals surface area contributed by atoms with Crippen LogP contribution < -0.4 is 5.32 Å². The van der Waals surface area contributed by atoms with Gasteiger partial charge in [0.05, 0.1) is 6.61 Å². The molecule has 1 heterocycles. The first kappa shape index (κ1) is 9.69. The number of nitrogens with one attached hydrogen (secondary N) is 1. The SMILES string of the molecule is CC1(C)NCCO[C@H]1c1ccccc1. The normalized spacial score (nSPS) is 26.0. The van der Waals surface area contributed by atoms with Crippen LogP contribution in [0.1, 0.15) is 25.5 Å². The van der Waals surface area contributed by atoms with E-state index in [0.29, 0.717) is 0 Å². The molecule has 1 saturated heterocycles. The van der Waals surface area contributed by atoms with E-state index in [1.54, 1.807) is 0 Å². The molecule has 0 amide bonds. The Morgan fingerprint density at radius 3 is 2.64 bits per heavy atom. The third kappa shape index (κ3) is 1.81. The van der Waals surface area contributed by atoms with Crippen molar-refractivity contribution in [2.45, 2.75) is 25.5 Å². The average Bonchev–Trinajstić information content (AvgIpc) is 2.18. The van der Waals surface area contributed by atoms with Crippen LogP contribution in [0.5, 0.6) is 0 Å². The van der Waals surface area contributed by atoms with Crippen molar-refractivity contribution >= 4 is 0 Å². The fourth-order valence-electron chi connectivity index (χ4n) is 1.99. The summed E-state index contributed by atoms with van der Waals surface area (Å²) in [6.45, 7) is 6.10. The van der Waals surface area contributed by atoms with E-state index >= 15 is 0 Å². The summed E-state index contributed by atoms with van der Waals surface area (Å²) in [7, 11) is 0. The molecule has 76 valence electrons. The molecule has 1 aromatic rings. The van der Waals surface area contributed by atoms with Gasteiger partial charge in [-0.05, 0) is 19.4 Å². The molecule has 2 nitrogen and oxygen atoms in total. The smallest absolute Gasteiger partial charge is 0.100 e. The Morgan fingerprint density at radius 2 is 2.00 bits per heavy atom. The first-order valence-electron chi connectivity index (χ1n) is 5.12. The Morgan fingerprint density at radius 1 is 1.29 bits per heavy atom. The summed E-state index contributed by atoms with van der Waals surface area (Å²) >= 11 is 0. The van der Waals surface area contributed by atoms with Crippen molar-refractivity contribution < 1.29 is 4.74 Å². The summed E-state index contributed by atoms with van der Waals surface area (Å²) in [6, 6.07) is 10.4. The van der Waals surface area contributed by atoms with E-state index in [9.17, 15) is 0 Å². The molecular formula is C12H17NO. The Labute approximate surface area is 85.3 Å². The molecule has 0 unspecified atom stereocenters. The molecule has 1 N–H and O–H groups in total. The molecule has 14 heavy (non-hydrogen) atoms. The van der Waals surface area contributed by atoms with E-state index in [1.807, 2.05) is 6.07 Å². The molecule has 0 bridgehead atoms. The molecule has 0 radical (unpaired) electrons. The maximum absolute atomic E-state index is 5.82. The van der Waals surface area contributed by atoms with Crippen molar-refractivity contribution in [2.24, 2.45) is 0 Å². The standard InChI is InChI=1S/C12H17NO/c1-12(2)11(14-9-8-13-12)10-6-4-3-5-7-10/h3-7,11,13H,8-9H2,1-2H3/t11-/m0/s1. The van der Waals surface area contributed by atoms with Gasteiger partial charge in [0, 0.05) is 12.1 Å². The van der Waals surface area contributed by atoms with Gasteiger partial charge in [0.1, 0.15) is 6.10 Å². The molecule has 1 atom stereocenters. The average molecular weight is 191 g/mol. The molecule has 1 aromatic carbocycles. The van der Waals surface area contributed by atoms with Gasteiger partial charge in [-0.1, -0.05) is 30.3 Å². The fourth-order valence-corrected chi connectivity index (χ4v) is 1.99. The molecule has 0 aliphatic carbocycles. The first-order chi connectivity index (χ1) is 6.70. The summed E-state index contributed by atoms with van der Waals surface area (Å²) in [5.74, 6) is 0. The zero-order valence-electron chi connectivity index (χ0n) is 8.79. The van der Waals surface area contributed by atoms with Crippen LogP contribution in [0.3, 0.4) is 0 Å². The Bertz CT molecular complexity index is 294. The third-order valence-corrected chi connectivity index (χ3v) is 2.72. The van der Waals surface area contributed by atoms with E-state index in [0.717, 1.165) is 13.2 Å². The number of hydrogen-bond donors (Lipinski definition) is 1. The topological polar surface area (TPSA) is 21.3 Å². The van der Waals surface area contributed by atoms with Gasteiger partial charge < -0.3 is 10.1 Å². The molecular weight excluding hydrogens is 174 g/mol. The van der Waals surface area contributed by atoms with Crippen molar-refractivity contribution in [1.29, 1.82) is 0 Å². The number of benzene rings is 1. The van der Waals surface area contributed by atoms with Crippen LogP contribution in [0, 0.1) is 0 Å². The lowest BCUT2D eigenvalue weighted by Crippen LogP contribution is -2.51. The minimum Gasteiger partial charge on any atom is -0.370 e. The highest BCUT2D eigenvalue weighted by atomic mass is 16.5. The van der Waals surface area contributed by atoms with Gasteiger partial charge in [-0.15, -0.1) is 0 Å². The van der Waals surface area contributed by atoms with Gasteiger partial charge >= 0.3 is 0 Å². The summed E-state index contributed by atoms with van der Waals surface area (Å²) in [4.78, 5) is 0. The van der Waals surface area contributed by atoms with E-state index < -0.39 is 0 Å². The van der Waals surface area contributed by atoms with E-state index in [-0.39, 0.29) is 11.6 Å². The van der Waals surface area contributed by atoms with Crippen molar-refractivity contribution in [3.8, 4) is 0 Å². The Hall–Kier alpha value is -0.860. The molecule has 2 heteroatoms. The zero-order valence-corrected chi connectivity index (χ0v) is 8.79. The zero-order chi connectivity index (χ0) is 10.0. The molecule has 1 aliphatic rings. The highest BCUT2D eigenvalue weighted by Gasteiger charge is 2.33. The van der Waals surface area contributed by atoms with Crippen molar-refractivity contribution in [1.82, 2.24) is 5.32 Å². The quantitative estimate of drug-likeness (QED) is 0.734. The third-order valence-electron chi connectivity index (χ3n) is 2.72.